The summed E-state index contributed by atoms with van der Waals surface area (Å²) in [4.78, 5) is 14.4. The van der Waals surface area contributed by atoms with Gasteiger partial charge in [0.15, 0.2) is 5.11 Å². The van der Waals surface area contributed by atoms with E-state index in [0.29, 0.717) is 17.6 Å². The molecule has 1 aromatic carbocycles. The normalized spacial score (nSPS) is 17.0. The van der Waals surface area contributed by atoms with Gasteiger partial charge in [-0.25, -0.2) is 0 Å². The van der Waals surface area contributed by atoms with E-state index in [1.54, 1.807) is 0 Å². The zero-order valence-corrected chi connectivity index (χ0v) is 18.7. The maximum atomic E-state index is 5.53. The minimum absolute atomic E-state index is 0.552. The lowest BCUT2D eigenvalue weighted by Gasteiger charge is -2.31. The molecule has 2 fully saturated rings. The molecule has 2 aromatic rings. The molecule has 0 radical (unpaired) electrons. The zero-order valence-electron chi connectivity index (χ0n) is 17.9. The maximum Gasteiger partial charge on any atom is 0.232 e. The molecule has 0 spiro atoms. The molecule has 4 rings (SSSR count). The quantitative estimate of drug-likeness (QED) is 0.696. The monoisotopic (exact) mass is 424 g/mol. The fourth-order valence-electron chi connectivity index (χ4n) is 4.08. The Hall–Kier alpha value is -2.41. The van der Waals surface area contributed by atoms with Crippen molar-refractivity contribution in [2.45, 2.75) is 52.0 Å². The van der Waals surface area contributed by atoms with Crippen molar-refractivity contribution in [2.24, 2.45) is 0 Å². The van der Waals surface area contributed by atoms with E-state index in [-0.39, 0.29) is 0 Å². The van der Waals surface area contributed by atoms with Crippen molar-refractivity contribution in [1.82, 2.24) is 15.3 Å². The fourth-order valence-corrected chi connectivity index (χ4v) is 4.25. The molecule has 7 heteroatoms. The number of hydrogen-bond acceptors (Lipinski definition) is 5. The Morgan fingerprint density at radius 2 is 1.40 bits per heavy atom. The largest absolute Gasteiger partial charge is 0.358 e. The molecule has 0 atom stereocenters. The molecule has 30 heavy (non-hydrogen) atoms. The summed E-state index contributed by atoms with van der Waals surface area (Å²) >= 11 is 5.53. The summed E-state index contributed by atoms with van der Waals surface area (Å²) in [5.41, 5.74) is 2.45. The van der Waals surface area contributed by atoms with Crippen LogP contribution >= 0.6 is 12.2 Å². The zero-order chi connectivity index (χ0) is 20.8. The molecule has 2 aliphatic rings. The highest BCUT2D eigenvalue weighted by Crippen LogP contribution is 2.26. The van der Waals surface area contributed by atoms with Crippen LogP contribution in [0.4, 0.5) is 17.6 Å². The molecule has 0 unspecified atom stereocenters. The van der Waals surface area contributed by atoms with E-state index >= 15 is 0 Å². The van der Waals surface area contributed by atoms with Crippen molar-refractivity contribution in [1.29, 1.82) is 0 Å². The van der Waals surface area contributed by atoms with Crippen LogP contribution in [0.15, 0.2) is 30.3 Å². The third-order valence-corrected chi connectivity index (χ3v) is 6.10. The predicted octanol–water partition coefficient (Wildman–Crippen LogP) is 4.25. The second-order valence-corrected chi connectivity index (χ2v) is 8.70. The van der Waals surface area contributed by atoms with Crippen molar-refractivity contribution in [3.63, 3.8) is 0 Å². The summed E-state index contributed by atoms with van der Waals surface area (Å²) in [6.07, 6.45) is 7.51. The number of aromatic nitrogens is 2. The van der Waals surface area contributed by atoms with Gasteiger partial charge >= 0.3 is 0 Å². The molecule has 1 aromatic heterocycles. The average molecular weight is 425 g/mol. The molecule has 0 bridgehead atoms. The number of nitrogens with zero attached hydrogens (tertiary/aromatic N) is 4. The molecule has 2 saturated heterocycles. The number of aryl methyl sites for hydroxylation is 1. The van der Waals surface area contributed by atoms with Crippen LogP contribution in [0.1, 0.15) is 49.7 Å². The molecule has 160 valence electrons. The second kappa shape index (κ2) is 10.1. The summed E-state index contributed by atoms with van der Waals surface area (Å²) in [6.45, 7) is 7.02. The lowest BCUT2D eigenvalue weighted by Crippen LogP contribution is -2.34. The first-order valence-electron chi connectivity index (χ1n) is 11.2. The first-order chi connectivity index (χ1) is 14.7. The Kier molecular flexibility index (Phi) is 7.00. The Morgan fingerprint density at radius 3 is 1.93 bits per heavy atom. The van der Waals surface area contributed by atoms with Gasteiger partial charge in [-0.2, -0.15) is 9.97 Å². The molecule has 2 aliphatic heterocycles. The highest BCUT2D eigenvalue weighted by molar-refractivity contribution is 7.80. The van der Waals surface area contributed by atoms with Crippen LogP contribution in [0, 0.1) is 6.92 Å². The van der Waals surface area contributed by atoms with Crippen LogP contribution in [0.3, 0.4) is 0 Å². The van der Waals surface area contributed by atoms with Crippen LogP contribution in [0.2, 0.25) is 0 Å². The Morgan fingerprint density at radius 1 is 0.867 bits per heavy atom. The van der Waals surface area contributed by atoms with Gasteiger partial charge in [0, 0.05) is 38.8 Å². The summed E-state index contributed by atoms with van der Waals surface area (Å²) in [6, 6.07) is 10.6. The minimum atomic E-state index is 0.552. The Bertz CT molecular complexity index is 805. The van der Waals surface area contributed by atoms with Gasteiger partial charge in [0.25, 0.3) is 0 Å². The molecular weight excluding hydrogens is 392 g/mol. The highest BCUT2D eigenvalue weighted by Gasteiger charge is 2.19. The van der Waals surface area contributed by atoms with Gasteiger partial charge in [-0.05, 0) is 63.2 Å². The third kappa shape index (κ3) is 5.59. The summed E-state index contributed by atoms with van der Waals surface area (Å²) in [7, 11) is 0. The van der Waals surface area contributed by atoms with E-state index in [9.17, 15) is 0 Å². The number of thiocarbonyl (C=S) groups is 1. The van der Waals surface area contributed by atoms with E-state index in [1.807, 2.05) is 0 Å². The van der Waals surface area contributed by atoms with Crippen LogP contribution in [0.25, 0.3) is 0 Å². The van der Waals surface area contributed by atoms with Gasteiger partial charge < -0.3 is 20.4 Å². The van der Waals surface area contributed by atoms with Crippen LogP contribution in [-0.2, 0) is 6.54 Å². The molecular formula is C23H32N6S. The topological polar surface area (TPSA) is 56.3 Å². The van der Waals surface area contributed by atoms with Gasteiger partial charge in [0.05, 0.1) is 0 Å². The minimum Gasteiger partial charge on any atom is -0.358 e. The van der Waals surface area contributed by atoms with Crippen LogP contribution < -0.4 is 20.4 Å². The Labute approximate surface area is 185 Å². The average Bonchev–Trinajstić information content (AvgIpc) is 2.80. The number of rotatable bonds is 5. The highest BCUT2D eigenvalue weighted by atomic mass is 32.1. The molecule has 0 amide bonds. The van der Waals surface area contributed by atoms with Gasteiger partial charge in [0.1, 0.15) is 11.6 Å². The first-order valence-corrected chi connectivity index (χ1v) is 11.6. The van der Waals surface area contributed by atoms with E-state index in [1.165, 1.54) is 49.7 Å². The number of benzene rings is 1. The summed E-state index contributed by atoms with van der Waals surface area (Å²) < 4.78 is 0. The van der Waals surface area contributed by atoms with Crippen molar-refractivity contribution in [2.75, 3.05) is 41.3 Å². The summed E-state index contributed by atoms with van der Waals surface area (Å²) in [5.74, 6) is 2.60. The van der Waals surface area contributed by atoms with Gasteiger partial charge in [-0.15, -0.1) is 0 Å². The van der Waals surface area contributed by atoms with E-state index < -0.39 is 0 Å². The van der Waals surface area contributed by atoms with Crippen molar-refractivity contribution >= 4 is 34.9 Å². The van der Waals surface area contributed by atoms with Gasteiger partial charge in [0.2, 0.25) is 5.95 Å². The fraction of sp³-hybridized carbons (Fsp3) is 0.522. The summed E-state index contributed by atoms with van der Waals surface area (Å²) in [5, 5.41) is 7.06. The van der Waals surface area contributed by atoms with E-state index in [2.05, 4.69) is 57.7 Å². The number of hydrogen-bond donors (Lipinski definition) is 2. The van der Waals surface area contributed by atoms with Crippen LogP contribution in [0.5, 0.6) is 0 Å². The lowest BCUT2D eigenvalue weighted by atomic mass is 10.1. The molecule has 2 N–H and O–H groups in total. The lowest BCUT2D eigenvalue weighted by molar-refractivity contribution is 0.567. The number of anilines is 3. The standard InChI is InChI=1S/C23H32N6S/c1-18-8-10-19(11-9-18)17-24-23(30)27-22-25-20(28-12-4-2-5-13-28)16-21(26-22)29-14-6-3-7-15-29/h8-11,16H,2-7,12-15,17H2,1H3,(H2,24,25,26,27,30). The molecule has 0 saturated carbocycles. The first kappa shape index (κ1) is 20.8. The molecule has 6 nitrogen and oxygen atoms in total. The Balaban J connectivity index is 1.47. The number of piperidine rings is 2. The van der Waals surface area contributed by atoms with E-state index in [4.69, 9.17) is 22.2 Å². The van der Waals surface area contributed by atoms with Gasteiger partial charge in [-0.3, -0.25) is 0 Å². The van der Waals surface area contributed by atoms with E-state index in [0.717, 1.165) is 37.8 Å². The van der Waals surface area contributed by atoms with Crippen molar-refractivity contribution in [3.05, 3.63) is 41.5 Å². The van der Waals surface area contributed by atoms with Crippen LogP contribution in [-0.4, -0.2) is 41.3 Å². The third-order valence-electron chi connectivity index (χ3n) is 5.86. The van der Waals surface area contributed by atoms with Crippen molar-refractivity contribution < 1.29 is 0 Å². The molecule has 0 aliphatic carbocycles. The molecule has 3 heterocycles. The second-order valence-electron chi connectivity index (χ2n) is 8.30. The maximum absolute atomic E-state index is 5.53. The van der Waals surface area contributed by atoms with Crippen molar-refractivity contribution in [3.8, 4) is 0 Å². The smallest absolute Gasteiger partial charge is 0.232 e. The van der Waals surface area contributed by atoms with Gasteiger partial charge in [-0.1, -0.05) is 29.8 Å². The predicted molar refractivity (Wildman–Crippen MR) is 128 cm³/mol. The SMILES string of the molecule is Cc1ccc(CNC(=S)Nc2nc(N3CCCCC3)cc(N3CCCCC3)n2)cc1. The number of nitrogens with one attached hydrogen (secondary N) is 2.